The van der Waals surface area contributed by atoms with Gasteiger partial charge in [0.2, 0.25) is 0 Å². The molecule has 2 N–H and O–H groups in total. The van der Waals surface area contributed by atoms with Crippen LogP contribution in [0.3, 0.4) is 0 Å². The van der Waals surface area contributed by atoms with Crippen molar-refractivity contribution in [1.29, 1.82) is 0 Å². The van der Waals surface area contributed by atoms with E-state index in [1.54, 1.807) is 0 Å². The van der Waals surface area contributed by atoms with E-state index in [4.69, 9.17) is 4.74 Å². The van der Waals surface area contributed by atoms with E-state index in [0.717, 1.165) is 57.2 Å². The smallest absolute Gasteiger partial charge is 0.191 e. The van der Waals surface area contributed by atoms with Gasteiger partial charge >= 0.3 is 0 Å². The third-order valence-electron chi connectivity index (χ3n) is 5.03. The summed E-state index contributed by atoms with van der Waals surface area (Å²) in [6.45, 7) is 4.83. The van der Waals surface area contributed by atoms with Crippen molar-refractivity contribution in [3.63, 3.8) is 0 Å². The first-order valence-electron chi connectivity index (χ1n) is 10.2. The van der Waals surface area contributed by atoms with Crippen LogP contribution in [-0.2, 0) is 6.54 Å². The summed E-state index contributed by atoms with van der Waals surface area (Å²) in [5.74, 6) is 1.81. The molecular formula is C23H32N4O. The van der Waals surface area contributed by atoms with Crippen molar-refractivity contribution in [2.24, 2.45) is 4.99 Å². The van der Waals surface area contributed by atoms with Crippen LogP contribution in [0.1, 0.15) is 24.8 Å². The Morgan fingerprint density at radius 2 is 1.71 bits per heavy atom. The number of hydrogen-bond acceptors (Lipinski definition) is 3. The van der Waals surface area contributed by atoms with Gasteiger partial charge < -0.3 is 15.4 Å². The van der Waals surface area contributed by atoms with Gasteiger partial charge in [-0.1, -0.05) is 48.5 Å². The molecule has 1 aliphatic heterocycles. The van der Waals surface area contributed by atoms with E-state index in [-0.39, 0.29) is 0 Å². The molecule has 1 saturated heterocycles. The van der Waals surface area contributed by atoms with Crippen LogP contribution in [0, 0.1) is 0 Å². The van der Waals surface area contributed by atoms with Crippen molar-refractivity contribution in [2.75, 3.05) is 33.3 Å². The van der Waals surface area contributed by atoms with E-state index in [0.29, 0.717) is 12.6 Å². The van der Waals surface area contributed by atoms with Gasteiger partial charge in [0.25, 0.3) is 0 Å². The fourth-order valence-corrected chi connectivity index (χ4v) is 3.45. The average molecular weight is 381 g/mol. The Hall–Kier alpha value is -2.53. The molecule has 2 aromatic rings. The van der Waals surface area contributed by atoms with Gasteiger partial charge in [0.1, 0.15) is 5.75 Å². The zero-order valence-corrected chi connectivity index (χ0v) is 16.8. The third-order valence-corrected chi connectivity index (χ3v) is 5.03. The van der Waals surface area contributed by atoms with E-state index in [1.165, 1.54) is 5.56 Å². The fourth-order valence-electron chi connectivity index (χ4n) is 3.45. The third kappa shape index (κ3) is 6.89. The van der Waals surface area contributed by atoms with E-state index in [9.17, 15) is 0 Å². The maximum atomic E-state index is 5.73. The van der Waals surface area contributed by atoms with Crippen molar-refractivity contribution in [1.82, 2.24) is 15.5 Å². The second-order valence-electron chi connectivity index (χ2n) is 7.19. The number of para-hydroxylation sites is 1. The molecule has 3 rings (SSSR count). The summed E-state index contributed by atoms with van der Waals surface area (Å²) in [6.07, 6.45) is 3.22. The predicted molar refractivity (Wildman–Crippen MR) is 116 cm³/mol. The lowest BCUT2D eigenvalue weighted by atomic mass is 10.0. The quantitative estimate of drug-likeness (QED) is 0.419. The summed E-state index contributed by atoms with van der Waals surface area (Å²) in [7, 11) is 1.83. The summed E-state index contributed by atoms with van der Waals surface area (Å²) in [5, 5.41) is 6.97. The first-order chi connectivity index (χ1) is 13.8. The molecule has 0 bridgehead atoms. The average Bonchev–Trinajstić information content (AvgIpc) is 2.75. The number of aliphatic imine (C=N–C) groups is 1. The SMILES string of the molecule is CN=C(NCCCOc1ccccc1)NC1CCN(Cc2ccccc2)CC1. The lowest BCUT2D eigenvalue weighted by molar-refractivity contribution is 0.198. The molecule has 150 valence electrons. The number of hydrogen-bond donors (Lipinski definition) is 2. The Kier molecular flexibility index (Phi) is 8.19. The molecule has 0 aliphatic carbocycles. The highest BCUT2D eigenvalue weighted by molar-refractivity contribution is 5.79. The van der Waals surface area contributed by atoms with Gasteiger partial charge in [-0.15, -0.1) is 0 Å². The zero-order valence-electron chi connectivity index (χ0n) is 16.8. The Balaban J connectivity index is 1.30. The fraction of sp³-hybridized carbons (Fsp3) is 0.435. The highest BCUT2D eigenvalue weighted by Gasteiger charge is 2.19. The Morgan fingerprint density at radius 1 is 1.04 bits per heavy atom. The Morgan fingerprint density at radius 3 is 2.39 bits per heavy atom. The lowest BCUT2D eigenvalue weighted by Crippen LogP contribution is -2.48. The largest absolute Gasteiger partial charge is 0.494 e. The maximum Gasteiger partial charge on any atom is 0.191 e. The van der Waals surface area contributed by atoms with Crippen LogP contribution in [0.15, 0.2) is 65.7 Å². The molecule has 0 saturated carbocycles. The minimum absolute atomic E-state index is 0.485. The normalized spacial score (nSPS) is 16.0. The van der Waals surface area contributed by atoms with Crippen LogP contribution < -0.4 is 15.4 Å². The number of nitrogens with one attached hydrogen (secondary N) is 2. The molecule has 1 fully saturated rings. The number of ether oxygens (including phenoxy) is 1. The number of nitrogens with zero attached hydrogens (tertiary/aromatic N) is 2. The second kappa shape index (κ2) is 11.3. The first kappa shape index (κ1) is 20.2. The highest BCUT2D eigenvalue weighted by atomic mass is 16.5. The monoisotopic (exact) mass is 380 g/mol. The summed E-state index contributed by atoms with van der Waals surface area (Å²) in [6, 6.07) is 21.1. The van der Waals surface area contributed by atoms with Gasteiger partial charge in [-0.3, -0.25) is 9.89 Å². The lowest BCUT2D eigenvalue weighted by Gasteiger charge is -2.33. The van der Waals surface area contributed by atoms with Gasteiger partial charge in [-0.05, 0) is 37.0 Å². The topological polar surface area (TPSA) is 48.9 Å². The maximum absolute atomic E-state index is 5.73. The van der Waals surface area contributed by atoms with Gasteiger partial charge in [0.15, 0.2) is 5.96 Å². The molecule has 5 nitrogen and oxygen atoms in total. The van der Waals surface area contributed by atoms with Crippen LogP contribution in [0.4, 0.5) is 0 Å². The molecule has 0 atom stereocenters. The molecule has 0 amide bonds. The minimum atomic E-state index is 0.485. The van der Waals surface area contributed by atoms with Crippen LogP contribution in [-0.4, -0.2) is 50.2 Å². The predicted octanol–water partition coefficient (Wildman–Crippen LogP) is 3.29. The molecule has 5 heteroatoms. The van der Waals surface area contributed by atoms with Gasteiger partial charge in [0, 0.05) is 39.3 Å². The van der Waals surface area contributed by atoms with Crippen molar-refractivity contribution in [2.45, 2.75) is 31.8 Å². The van der Waals surface area contributed by atoms with Gasteiger partial charge in [-0.25, -0.2) is 0 Å². The number of rotatable bonds is 8. The molecule has 0 aromatic heterocycles. The zero-order chi connectivity index (χ0) is 19.4. The Bertz CT molecular complexity index is 697. The van der Waals surface area contributed by atoms with Crippen LogP contribution in [0.2, 0.25) is 0 Å². The van der Waals surface area contributed by atoms with E-state index >= 15 is 0 Å². The standard InChI is InChI=1S/C23H32N4O/c1-24-23(25-15-8-18-28-22-11-6-3-7-12-22)26-21-13-16-27(17-14-21)19-20-9-4-2-5-10-20/h2-7,9-12,21H,8,13-19H2,1H3,(H2,24,25,26). The summed E-state index contributed by atoms with van der Waals surface area (Å²) in [4.78, 5) is 6.90. The van der Waals surface area contributed by atoms with Gasteiger partial charge in [0.05, 0.1) is 6.61 Å². The molecule has 2 aromatic carbocycles. The molecular weight excluding hydrogens is 348 g/mol. The summed E-state index contributed by atoms with van der Waals surface area (Å²) < 4.78 is 5.73. The number of piperidine rings is 1. The van der Waals surface area contributed by atoms with Crippen molar-refractivity contribution in [3.05, 3.63) is 66.2 Å². The van der Waals surface area contributed by atoms with Crippen molar-refractivity contribution >= 4 is 5.96 Å². The Labute approximate surface area is 168 Å². The van der Waals surface area contributed by atoms with Crippen molar-refractivity contribution < 1.29 is 4.74 Å². The van der Waals surface area contributed by atoms with Crippen LogP contribution in [0.5, 0.6) is 5.75 Å². The van der Waals surface area contributed by atoms with E-state index in [2.05, 4.69) is 50.9 Å². The molecule has 0 radical (unpaired) electrons. The van der Waals surface area contributed by atoms with Crippen molar-refractivity contribution in [3.8, 4) is 5.75 Å². The minimum Gasteiger partial charge on any atom is -0.494 e. The summed E-state index contributed by atoms with van der Waals surface area (Å²) in [5.41, 5.74) is 1.39. The highest BCUT2D eigenvalue weighted by Crippen LogP contribution is 2.14. The number of likely N-dealkylation sites (tertiary alicyclic amines) is 1. The second-order valence-corrected chi connectivity index (χ2v) is 7.19. The molecule has 0 unspecified atom stereocenters. The van der Waals surface area contributed by atoms with Crippen LogP contribution in [0.25, 0.3) is 0 Å². The molecule has 28 heavy (non-hydrogen) atoms. The first-order valence-corrected chi connectivity index (χ1v) is 10.2. The van der Waals surface area contributed by atoms with E-state index < -0.39 is 0 Å². The number of guanidine groups is 1. The summed E-state index contributed by atoms with van der Waals surface area (Å²) >= 11 is 0. The molecule has 1 heterocycles. The molecule has 1 aliphatic rings. The van der Waals surface area contributed by atoms with Gasteiger partial charge in [-0.2, -0.15) is 0 Å². The van der Waals surface area contributed by atoms with E-state index in [1.807, 2.05) is 37.4 Å². The number of benzene rings is 2. The molecule has 0 spiro atoms. The van der Waals surface area contributed by atoms with Crippen LogP contribution >= 0.6 is 0 Å².